The highest BCUT2D eigenvalue weighted by molar-refractivity contribution is 9.10. The average Bonchev–Trinajstić information content (AvgIpc) is 2.24. The van der Waals surface area contributed by atoms with Gasteiger partial charge in [-0.1, -0.05) is 19.9 Å². The van der Waals surface area contributed by atoms with Crippen molar-refractivity contribution in [1.82, 2.24) is 5.32 Å². The molecule has 1 aromatic carbocycles. The van der Waals surface area contributed by atoms with E-state index in [0.717, 1.165) is 17.6 Å². The summed E-state index contributed by atoms with van der Waals surface area (Å²) in [6.07, 6.45) is 1.17. The van der Waals surface area contributed by atoms with Gasteiger partial charge in [-0.25, -0.2) is 0 Å². The molecule has 0 spiro atoms. The first-order valence-electron chi connectivity index (χ1n) is 6.22. The Morgan fingerprint density at radius 1 is 1.41 bits per heavy atom. The van der Waals surface area contributed by atoms with Crippen LogP contribution in [-0.2, 0) is 0 Å². The molecule has 1 aromatic rings. The largest absolute Gasteiger partial charge is 0.381 e. The molecule has 2 rings (SSSR count). The maximum Gasteiger partial charge on any atom is 0.0487 e. The van der Waals surface area contributed by atoms with E-state index in [1.807, 2.05) is 0 Å². The molecule has 1 unspecified atom stereocenters. The number of halogens is 1. The predicted octanol–water partition coefficient (Wildman–Crippen LogP) is 3.56. The fourth-order valence-electron chi connectivity index (χ4n) is 2.36. The monoisotopic (exact) mass is 296 g/mol. The molecule has 1 saturated heterocycles. The number of nitrogens with one attached hydrogen (secondary N) is 2. The quantitative estimate of drug-likeness (QED) is 0.872. The summed E-state index contributed by atoms with van der Waals surface area (Å²) in [6.45, 7) is 8.93. The first-order valence-corrected chi connectivity index (χ1v) is 7.02. The summed E-state index contributed by atoms with van der Waals surface area (Å²) in [5.41, 5.74) is 2.78. The van der Waals surface area contributed by atoms with Crippen LogP contribution in [0.25, 0.3) is 0 Å². The Bertz CT molecular complexity index is 401. The van der Waals surface area contributed by atoms with Crippen molar-refractivity contribution in [1.29, 1.82) is 0 Å². The zero-order chi connectivity index (χ0) is 12.5. The summed E-state index contributed by atoms with van der Waals surface area (Å²) in [4.78, 5) is 0. The fraction of sp³-hybridized carbons (Fsp3) is 0.571. The van der Waals surface area contributed by atoms with Crippen LogP contribution >= 0.6 is 15.9 Å². The zero-order valence-corrected chi connectivity index (χ0v) is 12.4. The van der Waals surface area contributed by atoms with Gasteiger partial charge < -0.3 is 10.6 Å². The third-order valence-electron chi connectivity index (χ3n) is 3.59. The number of hydrogen-bond acceptors (Lipinski definition) is 2. The lowest BCUT2D eigenvalue weighted by molar-refractivity contribution is 0.236. The van der Waals surface area contributed by atoms with Gasteiger partial charge >= 0.3 is 0 Å². The summed E-state index contributed by atoms with van der Waals surface area (Å²) in [7, 11) is 0. The molecule has 0 aliphatic carbocycles. The van der Waals surface area contributed by atoms with E-state index >= 15 is 0 Å². The minimum Gasteiger partial charge on any atom is -0.381 e. The first-order chi connectivity index (χ1) is 7.99. The molecule has 1 atom stereocenters. The van der Waals surface area contributed by atoms with Crippen LogP contribution in [0.1, 0.15) is 25.8 Å². The maximum atomic E-state index is 3.68. The molecule has 2 N–H and O–H groups in total. The molecule has 0 bridgehead atoms. The van der Waals surface area contributed by atoms with Gasteiger partial charge in [0.1, 0.15) is 0 Å². The van der Waals surface area contributed by atoms with Gasteiger partial charge in [0.05, 0.1) is 0 Å². The highest BCUT2D eigenvalue weighted by Crippen LogP contribution is 2.31. The van der Waals surface area contributed by atoms with Crippen LogP contribution in [-0.4, -0.2) is 19.1 Å². The van der Waals surface area contributed by atoms with Crippen molar-refractivity contribution in [3.05, 3.63) is 28.2 Å². The Kier molecular flexibility index (Phi) is 3.79. The van der Waals surface area contributed by atoms with Gasteiger partial charge in [-0.2, -0.15) is 0 Å². The van der Waals surface area contributed by atoms with E-state index in [4.69, 9.17) is 0 Å². The molecule has 1 aliphatic rings. The number of anilines is 1. The number of hydrogen-bond donors (Lipinski definition) is 2. The molecule has 1 fully saturated rings. The molecular weight excluding hydrogens is 276 g/mol. The SMILES string of the molecule is Cc1ccc(NC2CCNCC2(C)C)c(Br)c1. The van der Waals surface area contributed by atoms with Crippen molar-refractivity contribution in [3.8, 4) is 0 Å². The zero-order valence-electron chi connectivity index (χ0n) is 10.8. The third-order valence-corrected chi connectivity index (χ3v) is 4.24. The average molecular weight is 297 g/mol. The van der Waals surface area contributed by atoms with E-state index in [9.17, 15) is 0 Å². The second-order valence-electron chi connectivity index (χ2n) is 5.63. The van der Waals surface area contributed by atoms with E-state index in [0.29, 0.717) is 11.5 Å². The van der Waals surface area contributed by atoms with Gasteiger partial charge in [0.2, 0.25) is 0 Å². The van der Waals surface area contributed by atoms with Crippen LogP contribution in [0.4, 0.5) is 5.69 Å². The minimum absolute atomic E-state index is 0.294. The van der Waals surface area contributed by atoms with Crippen LogP contribution in [0, 0.1) is 12.3 Å². The molecule has 0 radical (unpaired) electrons. The second-order valence-corrected chi connectivity index (χ2v) is 6.49. The van der Waals surface area contributed by atoms with Gasteiger partial charge in [0.15, 0.2) is 0 Å². The van der Waals surface area contributed by atoms with Crippen molar-refractivity contribution < 1.29 is 0 Å². The normalized spacial score (nSPS) is 23.4. The van der Waals surface area contributed by atoms with Crippen LogP contribution in [0.3, 0.4) is 0 Å². The summed E-state index contributed by atoms with van der Waals surface area (Å²) in [5.74, 6) is 0. The van der Waals surface area contributed by atoms with Crippen molar-refractivity contribution in [2.75, 3.05) is 18.4 Å². The molecule has 0 saturated carbocycles. The maximum absolute atomic E-state index is 3.68. The van der Waals surface area contributed by atoms with Gasteiger partial charge in [0, 0.05) is 22.7 Å². The van der Waals surface area contributed by atoms with Crippen LogP contribution in [0.15, 0.2) is 22.7 Å². The number of aryl methyl sites for hydroxylation is 1. The van der Waals surface area contributed by atoms with E-state index < -0.39 is 0 Å². The third kappa shape index (κ3) is 3.02. The Labute approximate surface area is 112 Å². The predicted molar refractivity (Wildman–Crippen MR) is 77.6 cm³/mol. The van der Waals surface area contributed by atoms with Gasteiger partial charge in [-0.15, -0.1) is 0 Å². The highest BCUT2D eigenvalue weighted by Gasteiger charge is 2.32. The molecular formula is C14H21BrN2. The van der Waals surface area contributed by atoms with Crippen LogP contribution in [0.5, 0.6) is 0 Å². The Hall–Kier alpha value is -0.540. The molecule has 94 valence electrons. The Balaban J connectivity index is 2.14. The molecule has 0 aromatic heterocycles. The summed E-state index contributed by atoms with van der Waals surface area (Å²) < 4.78 is 1.16. The van der Waals surface area contributed by atoms with Gasteiger partial charge in [0.25, 0.3) is 0 Å². The molecule has 17 heavy (non-hydrogen) atoms. The number of rotatable bonds is 2. The topological polar surface area (TPSA) is 24.1 Å². The smallest absolute Gasteiger partial charge is 0.0487 e. The van der Waals surface area contributed by atoms with Crippen molar-refractivity contribution in [2.45, 2.75) is 33.2 Å². The molecule has 1 heterocycles. The van der Waals surface area contributed by atoms with Crippen LogP contribution < -0.4 is 10.6 Å². The molecule has 2 nitrogen and oxygen atoms in total. The molecule has 1 aliphatic heterocycles. The fourth-order valence-corrected chi connectivity index (χ4v) is 2.97. The standard InChI is InChI=1S/C14H21BrN2/c1-10-4-5-12(11(15)8-10)17-13-6-7-16-9-14(13,2)3/h4-5,8,13,16-17H,6-7,9H2,1-3H3. The van der Waals surface area contributed by atoms with Crippen molar-refractivity contribution >= 4 is 21.6 Å². The lowest BCUT2D eigenvalue weighted by atomic mass is 9.80. The Morgan fingerprint density at radius 2 is 2.18 bits per heavy atom. The summed E-state index contributed by atoms with van der Waals surface area (Å²) in [6, 6.07) is 7.01. The lowest BCUT2D eigenvalue weighted by Crippen LogP contribution is -2.49. The number of benzene rings is 1. The molecule has 3 heteroatoms. The van der Waals surface area contributed by atoms with Gasteiger partial charge in [-0.05, 0) is 58.9 Å². The van der Waals surface area contributed by atoms with Crippen molar-refractivity contribution in [2.24, 2.45) is 5.41 Å². The van der Waals surface area contributed by atoms with E-state index in [1.165, 1.54) is 17.7 Å². The minimum atomic E-state index is 0.294. The van der Waals surface area contributed by atoms with Crippen LogP contribution in [0.2, 0.25) is 0 Å². The Morgan fingerprint density at radius 3 is 2.82 bits per heavy atom. The number of piperidine rings is 1. The van der Waals surface area contributed by atoms with Crippen molar-refractivity contribution in [3.63, 3.8) is 0 Å². The lowest BCUT2D eigenvalue weighted by Gasteiger charge is -2.40. The van der Waals surface area contributed by atoms with E-state index in [1.54, 1.807) is 0 Å². The molecule has 0 amide bonds. The van der Waals surface area contributed by atoms with Gasteiger partial charge in [-0.3, -0.25) is 0 Å². The van der Waals surface area contributed by atoms with E-state index in [2.05, 4.69) is 65.5 Å². The first kappa shape index (κ1) is 12.9. The second kappa shape index (κ2) is 4.99. The summed E-state index contributed by atoms with van der Waals surface area (Å²) >= 11 is 3.63. The van der Waals surface area contributed by atoms with E-state index in [-0.39, 0.29) is 0 Å². The highest BCUT2D eigenvalue weighted by atomic mass is 79.9. The summed E-state index contributed by atoms with van der Waals surface area (Å²) in [5, 5.41) is 7.14.